The molecule has 8 saturated heterocycles. The molecule has 0 spiro atoms. The topological polar surface area (TPSA) is 229 Å². The van der Waals surface area contributed by atoms with Gasteiger partial charge in [-0.05, 0) is 119 Å². The zero-order valence-electron chi connectivity index (χ0n) is 65.9. The molecule has 0 bridgehead atoms. The van der Waals surface area contributed by atoms with Crippen molar-refractivity contribution in [1.29, 1.82) is 0 Å². The van der Waals surface area contributed by atoms with Gasteiger partial charge in [0.25, 0.3) is 0 Å². The molecule has 8 heterocycles. The first-order valence-corrected chi connectivity index (χ1v) is 40.0. The molecule has 578 valence electrons. The van der Waals surface area contributed by atoms with Crippen LogP contribution in [0.1, 0.15) is 225 Å². The maximum absolute atomic E-state index is 12.2. The lowest BCUT2D eigenvalue weighted by molar-refractivity contribution is -0.371. The number of hydrogen-bond donors (Lipinski definition) is 4. The highest BCUT2D eigenvalue weighted by atomic mass is 16.8. The van der Waals surface area contributed by atoms with Crippen LogP contribution < -0.4 is 0 Å². The van der Waals surface area contributed by atoms with Crippen LogP contribution in [0.15, 0.2) is 0 Å². The zero-order chi connectivity index (χ0) is 72.9. The number of aliphatic hydroxyl groups is 4. The Kier molecular flexibility index (Phi) is 28.8. The van der Waals surface area contributed by atoms with Crippen molar-refractivity contribution >= 4 is 0 Å². The Bertz CT molecular complexity index is 2430. The summed E-state index contributed by atoms with van der Waals surface area (Å²) < 4.78 is 110. The van der Waals surface area contributed by atoms with Gasteiger partial charge in [0, 0.05) is 47.3 Å². The van der Waals surface area contributed by atoms with Gasteiger partial charge in [-0.2, -0.15) is 0 Å². The van der Waals surface area contributed by atoms with Crippen molar-refractivity contribution in [2.75, 3.05) is 6.61 Å². The average Bonchev–Trinajstić information content (AvgIpc) is 1.56. The van der Waals surface area contributed by atoms with Gasteiger partial charge in [0.15, 0.2) is 44.0 Å². The molecule has 0 aromatic heterocycles. The van der Waals surface area contributed by atoms with Gasteiger partial charge in [-0.1, -0.05) is 159 Å². The smallest absolute Gasteiger partial charge is 0.163 e. The molecular weight excluding hydrogens is 1270 g/mol. The summed E-state index contributed by atoms with van der Waals surface area (Å²) in [5.41, 5.74) is -1.01. The summed E-state index contributed by atoms with van der Waals surface area (Å²) in [7, 11) is 0. The average molecular weight is 1410 g/mol. The highest BCUT2D eigenvalue weighted by Crippen LogP contribution is 2.55. The van der Waals surface area contributed by atoms with Crippen molar-refractivity contribution in [3.8, 4) is 0 Å². The first kappa shape index (κ1) is 82.3. The maximum atomic E-state index is 12.2. The number of aliphatic hydroxyl groups excluding tert-OH is 3. The summed E-state index contributed by atoms with van der Waals surface area (Å²) in [5, 5.41) is 46.0. The Hall–Kier alpha value is -0.800. The highest BCUT2D eigenvalue weighted by Gasteiger charge is 2.67. The summed E-state index contributed by atoms with van der Waals surface area (Å²) in [4.78, 5) is 0. The SMILES string of the molecule is CCC1O[C@@H](O[C@@H]2C(CC)O[C@@H](O[C@H]3C(C)C(C)[C@@H](O[C@H]4C(C)C(C)[C@H](O[C@@H]5C(CC)O[C@@H](O[C@H](CC)C(C)C6[C@@H](O[C@H]7C(C)C(C)[C@@H](C)O[C@H]7CC)C6(C)O)C(C)[C@H]5O)O[C@H]4C)O[C@H]3CO)C(C)[C@H]2C)C(C)[C@@H](C)[C@@H]1O[C@@H]1O[C@@H](CC)[C@@H](O[C@H]2O[C@@H](CC)[C@@H](O)C(C)C2C)C(C)C1C. The minimum absolute atomic E-state index is 0.00713. The van der Waals surface area contributed by atoms with Gasteiger partial charge in [0.2, 0.25) is 0 Å². The summed E-state index contributed by atoms with van der Waals surface area (Å²) in [6.07, 6.45) is -5.66. The van der Waals surface area contributed by atoms with Gasteiger partial charge >= 0.3 is 0 Å². The van der Waals surface area contributed by atoms with Crippen molar-refractivity contribution < 1.29 is 96.2 Å². The van der Waals surface area contributed by atoms with E-state index in [1.165, 1.54) is 0 Å². The first-order chi connectivity index (χ1) is 46.8. The molecule has 45 atom stereocenters. The first-order valence-electron chi connectivity index (χ1n) is 40.0. The third-order valence-corrected chi connectivity index (χ3v) is 27.7. The third kappa shape index (κ3) is 16.8. The van der Waals surface area contributed by atoms with Crippen molar-refractivity contribution in [2.24, 2.45) is 101 Å². The fourth-order valence-electron chi connectivity index (χ4n) is 18.6. The normalized spacial score (nSPS) is 53.6. The lowest BCUT2D eigenvalue weighted by atomic mass is 9.80. The lowest BCUT2D eigenvalue weighted by Gasteiger charge is -2.52. The molecule has 4 N–H and O–H groups in total. The van der Waals surface area contributed by atoms with Gasteiger partial charge < -0.3 is 96.2 Å². The summed E-state index contributed by atoms with van der Waals surface area (Å²) in [5.74, 6) is -0.139. The molecule has 19 unspecified atom stereocenters. The predicted octanol–water partition coefficient (Wildman–Crippen LogP) is 12.5. The van der Waals surface area contributed by atoms with E-state index in [0.29, 0.717) is 25.2 Å². The predicted molar refractivity (Wildman–Crippen MR) is 375 cm³/mol. The van der Waals surface area contributed by atoms with Crippen LogP contribution in [-0.2, 0) is 75.8 Å². The molecule has 0 aromatic rings. The molecule has 0 amide bonds. The van der Waals surface area contributed by atoms with E-state index in [-0.39, 0.29) is 175 Å². The third-order valence-electron chi connectivity index (χ3n) is 27.7. The minimum Gasteiger partial charge on any atom is -0.394 e. The van der Waals surface area contributed by atoms with Crippen LogP contribution in [0.5, 0.6) is 0 Å². The molecule has 20 heteroatoms. The Balaban J connectivity index is 0.760. The quantitative estimate of drug-likeness (QED) is 0.0631. The maximum Gasteiger partial charge on any atom is 0.163 e. The van der Waals surface area contributed by atoms with E-state index in [2.05, 4.69) is 145 Å². The van der Waals surface area contributed by atoms with E-state index < -0.39 is 98.3 Å². The molecule has 1 saturated carbocycles. The molecule has 99 heavy (non-hydrogen) atoms. The molecule has 20 nitrogen and oxygen atoms in total. The van der Waals surface area contributed by atoms with Crippen LogP contribution >= 0.6 is 0 Å². The highest BCUT2D eigenvalue weighted by molar-refractivity contribution is 5.15. The van der Waals surface area contributed by atoms with Crippen molar-refractivity contribution in [1.82, 2.24) is 0 Å². The fraction of sp³-hybridized carbons (Fsp3) is 1.00. The van der Waals surface area contributed by atoms with E-state index in [0.717, 1.165) is 25.7 Å². The van der Waals surface area contributed by atoms with Crippen LogP contribution in [0.25, 0.3) is 0 Å². The summed E-state index contributed by atoms with van der Waals surface area (Å²) >= 11 is 0. The van der Waals surface area contributed by atoms with Crippen LogP contribution in [0.4, 0.5) is 0 Å². The van der Waals surface area contributed by atoms with E-state index in [1.54, 1.807) is 0 Å². The Morgan fingerprint density at radius 3 is 1.05 bits per heavy atom. The second-order valence-corrected chi connectivity index (χ2v) is 33.7. The van der Waals surface area contributed by atoms with E-state index >= 15 is 0 Å². The van der Waals surface area contributed by atoms with Gasteiger partial charge in [0.05, 0.1) is 122 Å². The molecule has 1 aliphatic carbocycles. The zero-order valence-corrected chi connectivity index (χ0v) is 65.9. The van der Waals surface area contributed by atoms with Crippen molar-refractivity contribution in [2.45, 2.75) is 397 Å². The Morgan fingerprint density at radius 1 is 0.323 bits per heavy atom. The van der Waals surface area contributed by atoms with Crippen LogP contribution in [0.2, 0.25) is 0 Å². The van der Waals surface area contributed by atoms with E-state index in [1.807, 2.05) is 34.6 Å². The van der Waals surface area contributed by atoms with Gasteiger partial charge in [0.1, 0.15) is 12.2 Å². The molecule has 9 fully saturated rings. The number of rotatable bonds is 26. The summed E-state index contributed by atoms with van der Waals surface area (Å²) in [6.45, 7) is 55.1. The lowest BCUT2D eigenvalue weighted by Crippen LogP contribution is -2.61. The van der Waals surface area contributed by atoms with Crippen LogP contribution in [0, 0.1) is 101 Å². The van der Waals surface area contributed by atoms with Gasteiger partial charge in [-0.25, -0.2) is 0 Å². The molecular formula is C79H142O20. The molecule has 8 aliphatic heterocycles. The number of hydrogen-bond acceptors (Lipinski definition) is 20. The van der Waals surface area contributed by atoms with Crippen molar-refractivity contribution in [3.05, 3.63) is 0 Å². The monoisotopic (exact) mass is 1410 g/mol. The Morgan fingerprint density at radius 2 is 0.636 bits per heavy atom. The standard InChI is InChI=1S/C79H142O20/c1-27-53(49(22)61-71(79(61,26)83)93-65-37(10)35(8)51(24)84-55(65)29-3)86-78-50(23)63(82)70(59(33-7)91-78)99-72-44(17)38(11)64(52(25)85-72)94-77-48(21)42(15)69(60(34-80)92-77)98-76-47(20)41(14)68(58(32-6)90-76)97-75-46(19)40(13)67(57(31-5)89-75)96-74-45(18)39(12)66(56(30-4)88-74)95-73-43(16)36(9)62(81)54(28-2)87-73/h35-78,80-83H,27-34H2,1-26H3/t35?,36?,37?,38?,39?,40-,41-,42?,43?,44?,45?,46?,47?,48?,49?,50?,51-,52+,53-,54+,55+,56+,57?,58?,59?,60+,61?,62+,63-,64+,65+,66+,67+,68+,69+,70-,71-,72+,73-,74+,75+,76+,77-,78-,79?/m1/s1. The minimum atomic E-state index is -1.01. The summed E-state index contributed by atoms with van der Waals surface area (Å²) in [6, 6.07) is 0. The largest absolute Gasteiger partial charge is 0.394 e. The fourth-order valence-corrected chi connectivity index (χ4v) is 18.6. The number of ether oxygens (including phenoxy) is 16. The Labute approximate surface area is 597 Å². The van der Waals surface area contributed by atoms with Gasteiger partial charge in [-0.15, -0.1) is 0 Å². The molecule has 0 radical (unpaired) electrons. The second kappa shape index (κ2) is 34.6. The second-order valence-electron chi connectivity index (χ2n) is 33.7. The molecule has 0 aromatic carbocycles. The van der Waals surface area contributed by atoms with Gasteiger partial charge in [-0.3, -0.25) is 0 Å². The van der Waals surface area contributed by atoms with Crippen molar-refractivity contribution in [3.63, 3.8) is 0 Å². The molecule has 9 aliphatic rings. The van der Waals surface area contributed by atoms with Crippen LogP contribution in [0.3, 0.4) is 0 Å². The van der Waals surface area contributed by atoms with E-state index in [9.17, 15) is 20.4 Å². The molecule has 9 rings (SSSR count). The van der Waals surface area contributed by atoms with Crippen LogP contribution in [-0.4, -0.2) is 199 Å². The van der Waals surface area contributed by atoms with E-state index in [4.69, 9.17) is 75.8 Å².